The number of esters is 1. The van der Waals surface area contributed by atoms with Crippen LogP contribution >= 0.6 is 0 Å². The molecule has 0 bridgehead atoms. The number of hydrogen-bond donors (Lipinski definition) is 1. The molecule has 144 valence electrons. The number of ether oxygens (including phenoxy) is 2. The van der Waals surface area contributed by atoms with Crippen molar-refractivity contribution >= 4 is 18.1 Å². The van der Waals surface area contributed by atoms with E-state index in [1.54, 1.807) is 6.07 Å². The summed E-state index contributed by atoms with van der Waals surface area (Å²) < 4.78 is 48.1. The van der Waals surface area contributed by atoms with Gasteiger partial charge in [0.1, 0.15) is 17.1 Å². The largest absolute Gasteiger partial charge is 0.507 e. The molecule has 0 fully saturated rings. The normalized spacial score (nSPS) is 11.8. The van der Waals surface area contributed by atoms with Crippen LogP contribution in [0.15, 0.2) is 36.4 Å². The Bertz CT molecular complexity index is 838. The lowest BCUT2D eigenvalue weighted by Crippen LogP contribution is -2.08. The summed E-state index contributed by atoms with van der Waals surface area (Å²) in [5.74, 6) is -0.704. The van der Waals surface area contributed by atoms with Gasteiger partial charge in [0, 0.05) is 6.07 Å². The number of phenolic OH excluding ortho intramolecular Hbond substituents is 1. The number of methoxy groups -OCH3 is 1. The van der Waals surface area contributed by atoms with E-state index in [9.17, 15) is 23.1 Å². The number of hydrogen-bond acceptors (Lipinski definition) is 4. The molecule has 0 atom stereocenters. The van der Waals surface area contributed by atoms with Crippen LogP contribution in [0.25, 0.3) is 12.2 Å². The van der Waals surface area contributed by atoms with E-state index in [1.165, 1.54) is 37.5 Å². The molecule has 0 saturated carbocycles. The molecule has 0 aromatic heterocycles. The third-order valence-corrected chi connectivity index (χ3v) is 3.58. The van der Waals surface area contributed by atoms with Crippen molar-refractivity contribution in [3.05, 3.63) is 58.7 Å². The molecule has 0 amide bonds. The minimum Gasteiger partial charge on any atom is -0.507 e. The molecule has 2 rings (SSSR count). The van der Waals surface area contributed by atoms with E-state index in [-0.39, 0.29) is 17.4 Å². The van der Waals surface area contributed by atoms with Gasteiger partial charge in [-0.1, -0.05) is 24.3 Å². The third kappa shape index (κ3) is 5.26. The Morgan fingerprint density at radius 2 is 1.74 bits per heavy atom. The van der Waals surface area contributed by atoms with Gasteiger partial charge in [0.05, 0.1) is 18.8 Å². The van der Waals surface area contributed by atoms with Gasteiger partial charge in [0.15, 0.2) is 0 Å². The number of phenols is 1. The molecule has 2 aromatic carbocycles. The van der Waals surface area contributed by atoms with Crippen LogP contribution in [0.5, 0.6) is 11.5 Å². The monoisotopic (exact) mass is 380 g/mol. The smallest absolute Gasteiger partial charge is 0.416 e. The molecule has 27 heavy (non-hydrogen) atoms. The van der Waals surface area contributed by atoms with Gasteiger partial charge in [-0.15, -0.1) is 0 Å². The van der Waals surface area contributed by atoms with Gasteiger partial charge < -0.3 is 14.6 Å². The lowest BCUT2D eigenvalue weighted by Gasteiger charge is -2.13. The van der Waals surface area contributed by atoms with Crippen molar-refractivity contribution in [2.75, 3.05) is 7.11 Å². The Morgan fingerprint density at radius 3 is 2.26 bits per heavy atom. The maximum absolute atomic E-state index is 12.6. The molecule has 0 aliphatic rings. The van der Waals surface area contributed by atoms with Crippen molar-refractivity contribution < 1.29 is 32.5 Å². The van der Waals surface area contributed by atoms with Gasteiger partial charge in [-0.25, -0.2) is 4.79 Å². The molecule has 7 heteroatoms. The first-order valence-electron chi connectivity index (χ1n) is 8.09. The van der Waals surface area contributed by atoms with Gasteiger partial charge in [-0.3, -0.25) is 0 Å². The third-order valence-electron chi connectivity index (χ3n) is 3.58. The molecule has 0 aliphatic heterocycles. The minimum atomic E-state index is -4.41. The van der Waals surface area contributed by atoms with Crippen molar-refractivity contribution in [2.45, 2.75) is 26.1 Å². The number of carbonyl (C=O) groups is 1. The fourth-order valence-electron chi connectivity index (χ4n) is 2.39. The van der Waals surface area contributed by atoms with E-state index in [2.05, 4.69) is 4.74 Å². The summed E-state index contributed by atoms with van der Waals surface area (Å²) in [7, 11) is 1.18. The molecular weight excluding hydrogens is 361 g/mol. The van der Waals surface area contributed by atoms with Crippen molar-refractivity contribution in [1.82, 2.24) is 0 Å². The first kappa shape index (κ1) is 20.4. The summed E-state index contributed by atoms with van der Waals surface area (Å²) in [4.78, 5) is 12.0. The highest BCUT2D eigenvalue weighted by Gasteiger charge is 2.29. The van der Waals surface area contributed by atoms with Crippen LogP contribution in [0, 0.1) is 0 Å². The Balaban J connectivity index is 2.41. The van der Waals surface area contributed by atoms with Crippen LogP contribution in [0.3, 0.4) is 0 Å². The van der Waals surface area contributed by atoms with Crippen molar-refractivity contribution in [3.63, 3.8) is 0 Å². The molecule has 2 aromatic rings. The fraction of sp³-hybridized carbons (Fsp3) is 0.250. The molecule has 1 N–H and O–H groups in total. The van der Waals surface area contributed by atoms with E-state index in [0.717, 1.165) is 12.1 Å². The van der Waals surface area contributed by atoms with Gasteiger partial charge >= 0.3 is 12.1 Å². The predicted molar refractivity (Wildman–Crippen MR) is 95.6 cm³/mol. The highest BCUT2D eigenvalue weighted by atomic mass is 19.4. The van der Waals surface area contributed by atoms with Crippen LogP contribution in [0.2, 0.25) is 0 Å². The second-order valence-electron chi connectivity index (χ2n) is 6.02. The zero-order valence-electron chi connectivity index (χ0n) is 15.0. The van der Waals surface area contributed by atoms with E-state index in [4.69, 9.17) is 4.74 Å². The quantitative estimate of drug-likeness (QED) is 0.575. The highest BCUT2D eigenvalue weighted by Crippen LogP contribution is 2.32. The second kappa shape index (κ2) is 8.16. The van der Waals surface area contributed by atoms with Crippen molar-refractivity contribution in [1.29, 1.82) is 0 Å². The molecule has 4 nitrogen and oxygen atoms in total. The van der Waals surface area contributed by atoms with Gasteiger partial charge in [0.25, 0.3) is 0 Å². The van der Waals surface area contributed by atoms with Gasteiger partial charge in [-0.2, -0.15) is 13.2 Å². The SMILES string of the molecule is COC(=O)c1c(O)cc(OC(C)C)cc1C=Cc1ccc(C(F)(F)F)cc1. The van der Waals surface area contributed by atoms with Crippen LogP contribution in [0.1, 0.15) is 40.9 Å². The Morgan fingerprint density at radius 1 is 1.11 bits per heavy atom. The summed E-state index contributed by atoms with van der Waals surface area (Å²) in [5, 5.41) is 10.2. The first-order chi connectivity index (χ1) is 12.6. The summed E-state index contributed by atoms with van der Waals surface area (Å²) in [6.45, 7) is 3.62. The van der Waals surface area contributed by atoms with Gasteiger partial charge in [-0.05, 0) is 43.2 Å². The summed E-state index contributed by atoms with van der Waals surface area (Å²) in [5.41, 5.74) is 0.00234. The highest BCUT2D eigenvalue weighted by molar-refractivity contribution is 5.98. The summed E-state index contributed by atoms with van der Waals surface area (Å²) in [6, 6.07) is 7.42. The molecule has 0 saturated heterocycles. The number of benzene rings is 2. The molecule has 0 aliphatic carbocycles. The number of carbonyl (C=O) groups excluding carboxylic acids is 1. The topological polar surface area (TPSA) is 55.8 Å². The number of aromatic hydroxyl groups is 1. The molecule has 0 radical (unpaired) electrons. The summed E-state index contributed by atoms with van der Waals surface area (Å²) >= 11 is 0. The maximum atomic E-state index is 12.6. The molecule has 0 heterocycles. The van der Waals surface area contributed by atoms with Gasteiger partial charge in [0.2, 0.25) is 0 Å². The zero-order chi connectivity index (χ0) is 20.2. The Kier molecular flexibility index (Phi) is 6.15. The molecular formula is C20H19F3O4. The lowest BCUT2D eigenvalue weighted by atomic mass is 10.0. The molecule has 0 unspecified atom stereocenters. The van der Waals surface area contributed by atoms with Crippen LogP contribution < -0.4 is 4.74 Å². The first-order valence-corrected chi connectivity index (χ1v) is 8.09. The van der Waals surface area contributed by atoms with E-state index in [0.29, 0.717) is 16.9 Å². The standard InChI is InChI=1S/C20H19F3O4/c1-12(2)27-16-10-14(18(17(24)11-16)19(25)26-3)7-4-13-5-8-15(9-6-13)20(21,22)23/h4-12,24H,1-3H3. The zero-order valence-corrected chi connectivity index (χ0v) is 15.0. The van der Waals surface area contributed by atoms with E-state index >= 15 is 0 Å². The number of rotatable bonds is 5. The van der Waals surface area contributed by atoms with Crippen LogP contribution in [-0.4, -0.2) is 24.3 Å². The average Bonchev–Trinajstić information content (AvgIpc) is 2.58. The maximum Gasteiger partial charge on any atom is 0.416 e. The van der Waals surface area contributed by atoms with Crippen LogP contribution in [0.4, 0.5) is 13.2 Å². The fourth-order valence-corrected chi connectivity index (χ4v) is 2.39. The number of alkyl halides is 3. The number of halogens is 3. The molecule has 0 spiro atoms. The Hall–Kier alpha value is -2.96. The van der Waals surface area contributed by atoms with Crippen LogP contribution in [-0.2, 0) is 10.9 Å². The van der Waals surface area contributed by atoms with Crippen molar-refractivity contribution in [2.24, 2.45) is 0 Å². The Labute approximate surface area is 154 Å². The van der Waals surface area contributed by atoms with E-state index in [1.807, 2.05) is 13.8 Å². The minimum absolute atomic E-state index is 0.0585. The van der Waals surface area contributed by atoms with Crippen molar-refractivity contribution in [3.8, 4) is 11.5 Å². The second-order valence-corrected chi connectivity index (χ2v) is 6.02. The predicted octanol–water partition coefficient (Wildman–Crippen LogP) is 5.16. The lowest BCUT2D eigenvalue weighted by molar-refractivity contribution is -0.137. The average molecular weight is 380 g/mol. The van der Waals surface area contributed by atoms with E-state index < -0.39 is 17.7 Å². The summed E-state index contributed by atoms with van der Waals surface area (Å²) in [6.07, 6.45) is -1.53.